The Hall–Kier alpha value is -2.34. The predicted molar refractivity (Wildman–Crippen MR) is 88.6 cm³/mol. The van der Waals surface area contributed by atoms with Crippen LogP contribution >= 0.6 is 11.6 Å². The zero-order valence-electron chi connectivity index (χ0n) is 13.2. The predicted octanol–water partition coefficient (Wildman–Crippen LogP) is 2.75. The molecule has 0 aromatic heterocycles. The molecule has 1 aromatic carbocycles. The summed E-state index contributed by atoms with van der Waals surface area (Å²) in [5.74, 6) is -0.741. The van der Waals surface area contributed by atoms with Gasteiger partial charge in [-0.25, -0.2) is 4.79 Å². The highest BCUT2D eigenvalue weighted by molar-refractivity contribution is 6.33. The smallest absolute Gasteiger partial charge is 0.331 e. The van der Waals surface area contributed by atoms with Crippen molar-refractivity contribution in [2.75, 3.05) is 7.11 Å². The number of ether oxygens (including phenoxy) is 1. The molecule has 7 heteroatoms. The van der Waals surface area contributed by atoms with E-state index < -0.39 is 17.8 Å². The number of halogens is 1. The summed E-state index contributed by atoms with van der Waals surface area (Å²) < 4.78 is 5.08. The third-order valence-corrected chi connectivity index (χ3v) is 4.61. The van der Waals surface area contributed by atoms with Crippen molar-refractivity contribution in [3.8, 4) is 5.75 Å². The van der Waals surface area contributed by atoms with Crippen molar-refractivity contribution in [3.63, 3.8) is 0 Å². The molecule has 24 heavy (non-hydrogen) atoms. The summed E-state index contributed by atoms with van der Waals surface area (Å²) >= 11 is 6.07. The maximum Gasteiger partial charge on any atom is 0.331 e. The lowest BCUT2D eigenvalue weighted by atomic mass is 10.1. The van der Waals surface area contributed by atoms with Gasteiger partial charge in [-0.3, -0.25) is 19.8 Å². The summed E-state index contributed by atoms with van der Waals surface area (Å²) in [6.07, 6.45) is 4.94. The zero-order valence-corrected chi connectivity index (χ0v) is 13.9. The van der Waals surface area contributed by atoms with Crippen LogP contribution in [0.2, 0.25) is 5.02 Å². The number of imide groups is 2. The molecule has 6 nitrogen and oxygen atoms in total. The van der Waals surface area contributed by atoms with Gasteiger partial charge in [-0.15, -0.1) is 0 Å². The molecule has 1 aromatic rings. The molecule has 2 fully saturated rings. The number of methoxy groups -OCH3 is 1. The van der Waals surface area contributed by atoms with Crippen LogP contribution < -0.4 is 10.1 Å². The number of amides is 4. The number of hydrogen-bond acceptors (Lipinski definition) is 4. The van der Waals surface area contributed by atoms with Crippen LogP contribution in [0.25, 0.3) is 6.08 Å². The number of carbonyl (C=O) groups excluding carboxylic acids is 3. The van der Waals surface area contributed by atoms with E-state index >= 15 is 0 Å². The van der Waals surface area contributed by atoms with Crippen molar-refractivity contribution >= 4 is 35.5 Å². The van der Waals surface area contributed by atoms with E-state index in [0.717, 1.165) is 25.7 Å². The Morgan fingerprint density at radius 1 is 1.25 bits per heavy atom. The molecule has 0 atom stereocenters. The number of nitrogens with one attached hydrogen (secondary N) is 1. The van der Waals surface area contributed by atoms with E-state index in [1.165, 1.54) is 18.1 Å². The SMILES string of the molecule is COc1ccc(/C=C2\C(=O)NC(=O)N(C3CCCC3)C2=O)cc1Cl. The molecule has 3 rings (SSSR count). The van der Waals surface area contributed by atoms with Gasteiger partial charge in [0, 0.05) is 6.04 Å². The largest absolute Gasteiger partial charge is 0.495 e. The van der Waals surface area contributed by atoms with Gasteiger partial charge >= 0.3 is 6.03 Å². The summed E-state index contributed by atoms with van der Waals surface area (Å²) in [4.78, 5) is 38.0. The minimum atomic E-state index is -0.689. The van der Waals surface area contributed by atoms with Crippen molar-refractivity contribution in [3.05, 3.63) is 34.4 Å². The fourth-order valence-electron chi connectivity index (χ4n) is 3.10. The Balaban J connectivity index is 1.93. The first-order valence-electron chi connectivity index (χ1n) is 7.75. The molecule has 1 N–H and O–H groups in total. The number of urea groups is 1. The standard InChI is InChI=1S/C17H17ClN2O4/c1-24-14-7-6-10(9-13(14)18)8-12-15(21)19-17(23)20(16(12)22)11-4-2-3-5-11/h6-9,11H,2-5H2,1H3,(H,19,21,23)/b12-8+. The van der Waals surface area contributed by atoms with Crippen molar-refractivity contribution in [1.82, 2.24) is 10.2 Å². The second kappa shape index (κ2) is 6.65. The minimum absolute atomic E-state index is 0.0669. The lowest BCUT2D eigenvalue weighted by Crippen LogP contribution is -2.57. The van der Waals surface area contributed by atoms with E-state index in [0.29, 0.717) is 16.3 Å². The van der Waals surface area contributed by atoms with E-state index in [-0.39, 0.29) is 11.6 Å². The molecule has 126 valence electrons. The molecular formula is C17H17ClN2O4. The van der Waals surface area contributed by atoms with Crippen LogP contribution in [0.3, 0.4) is 0 Å². The van der Waals surface area contributed by atoms with Gasteiger partial charge in [0.15, 0.2) is 0 Å². The second-order valence-electron chi connectivity index (χ2n) is 5.82. The van der Waals surface area contributed by atoms with Crippen molar-refractivity contribution in [1.29, 1.82) is 0 Å². The van der Waals surface area contributed by atoms with Gasteiger partial charge in [0.2, 0.25) is 0 Å². The van der Waals surface area contributed by atoms with Gasteiger partial charge in [-0.2, -0.15) is 0 Å². The molecule has 1 aliphatic carbocycles. The maximum atomic E-state index is 12.7. The zero-order chi connectivity index (χ0) is 17.3. The Morgan fingerprint density at radius 3 is 2.58 bits per heavy atom. The molecular weight excluding hydrogens is 332 g/mol. The van der Waals surface area contributed by atoms with Crippen LogP contribution in [-0.4, -0.2) is 35.9 Å². The van der Waals surface area contributed by atoms with Crippen LogP contribution in [0.4, 0.5) is 4.79 Å². The topological polar surface area (TPSA) is 75.7 Å². The van der Waals surface area contributed by atoms with Crippen LogP contribution in [0.1, 0.15) is 31.2 Å². The molecule has 4 amide bonds. The lowest BCUT2D eigenvalue weighted by Gasteiger charge is -2.31. The number of barbiturate groups is 1. The van der Waals surface area contributed by atoms with Crippen molar-refractivity contribution in [2.45, 2.75) is 31.7 Å². The first-order valence-corrected chi connectivity index (χ1v) is 8.13. The first kappa shape index (κ1) is 16.5. The Labute approximate surface area is 144 Å². The highest BCUT2D eigenvalue weighted by Crippen LogP contribution is 2.29. The van der Waals surface area contributed by atoms with E-state index in [2.05, 4.69) is 5.32 Å². The molecule has 0 unspecified atom stereocenters. The summed E-state index contributed by atoms with van der Waals surface area (Å²) in [5, 5.41) is 2.62. The number of rotatable bonds is 3. The number of carbonyl (C=O) groups is 3. The molecule has 1 saturated heterocycles. The van der Waals surface area contributed by atoms with Gasteiger partial charge in [0.05, 0.1) is 12.1 Å². The fourth-order valence-corrected chi connectivity index (χ4v) is 3.37. The van der Waals surface area contributed by atoms with E-state index in [1.54, 1.807) is 18.2 Å². The average molecular weight is 349 g/mol. The van der Waals surface area contributed by atoms with Crippen LogP contribution in [-0.2, 0) is 9.59 Å². The van der Waals surface area contributed by atoms with Crippen LogP contribution in [0.15, 0.2) is 23.8 Å². The summed E-state index contributed by atoms with van der Waals surface area (Å²) in [7, 11) is 1.50. The first-order chi connectivity index (χ1) is 11.5. The third kappa shape index (κ3) is 3.01. The Bertz CT molecular complexity index is 738. The third-order valence-electron chi connectivity index (χ3n) is 4.31. The normalized spacial score (nSPS) is 20.7. The van der Waals surface area contributed by atoms with Crippen LogP contribution in [0, 0.1) is 0 Å². The molecule has 1 heterocycles. The molecule has 0 spiro atoms. The lowest BCUT2D eigenvalue weighted by molar-refractivity contribution is -0.131. The molecule has 2 aliphatic rings. The van der Waals surface area contributed by atoms with Gasteiger partial charge in [-0.1, -0.05) is 30.5 Å². The fraction of sp³-hybridized carbons (Fsp3) is 0.353. The number of benzene rings is 1. The molecule has 0 radical (unpaired) electrons. The van der Waals surface area contributed by atoms with E-state index in [4.69, 9.17) is 16.3 Å². The quantitative estimate of drug-likeness (QED) is 0.673. The number of hydrogen-bond donors (Lipinski definition) is 1. The van der Waals surface area contributed by atoms with Gasteiger partial charge < -0.3 is 4.74 Å². The maximum absolute atomic E-state index is 12.7. The molecule has 1 saturated carbocycles. The van der Waals surface area contributed by atoms with E-state index in [9.17, 15) is 14.4 Å². The monoisotopic (exact) mass is 348 g/mol. The highest BCUT2D eigenvalue weighted by atomic mass is 35.5. The summed E-state index contributed by atoms with van der Waals surface area (Å²) in [6, 6.07) is 4.16. The highest BCUT2D eigenvalue weighted by Gasteiger charge is 2.40. The van der Waals surface area contributed by atoms with Gasteiger partial charge in [0.1, 0.15) is 11.3 Å². The van der Waals surface area contributed by atoms with Crippen molar-refractivity contribution < 1.29 is 19.1 Å². The number of nitrogens with zero attached hydrogens (tertiary/aromatic N) is 1. The average Bonchev–Trinajstić information content (AvgIpc) is 3.05. The van der Waals surface area contributed by atoms with Crippen molar-refractivity contribution in [2.24, 2.45) is 0 Å². The Morgan fingerprint density at radius 2 is 1.96 bits per heavy atom. The summed E-state index contributed by atoms with van der Waals surface area (Å²) in [5.41, 5.74) is 0.516. The van der Waals surface area contributed by atoms with E-state index in [1.807, 2.05) is 0 Å². The minimum Gasteiger partial charge on any atom is -0.495 e. The van der Waals surface area contributed by atoms with Gasteiger partial charge in [0.25, 0.3) is 11.8 Å². The summed E-state index contributed by atoms with van der Waals surface area (Å²) in [6.45, 7) is 0. The van der Waals surface area contributed by atoms with Gasteiger partial charge in [-0.05, 0) is 36.6 Å². The second-order valence-corrected chi connectivity index (χ2v) is 6.23. The van der Waals surface area contributed by atoms with Crippen LogP contribution in [0.5, 0.6) is 5.75 Å². The molecule has 1 aliphatic heterocycles. The Kier molecular flexibility index (Phi) is 4.57. The molecule has 0 bridgehead atoms.